The Morgan fingerprint density at radius 3 is 2.86 bits per heavy atom. The normalized spacial score (nSPS) is 12.1. The summed E-state index contributed by atoms with van der Waals surface area (Å²) >= 11 is 0. The van der Waals surface area contributed by atoms with Gasteiger partial charge in [-0.2, -0.15) is 0 Å². The van der Waals surface area contributed by atoms with Crippen LogP contribution in [0, 0.1) is 0 Å². The van der Waals surface area contributed by atoms with Crippen molar-refractivity contribution in [3.63, 3.8) is 0 Å². The van der Waals surface area contributed by atoms with Gasteiger partial charge in [-0.3, -0.25) is 0 Å². The second-order valence-corrected chi connectivity index (χ2v) is 5.17. The van der Waals surface area contributed by atoms with Crippen molar-refractivity contribution in [1.29, 1.82) is 0 Å². The van der Waals surface area contributed by atoms with Crippen molar-refractivity contribution in [3.8, 4) is 5.75 Å². The molecule has 4 nitrogen and oxygen atoms in total. The minimum atomic E-state index is 0.114. The SMILES string of the molecule is C=C(C)COCCNC(CN)c1cccc(OCCC)c1. The van der Waals surface area contributed by atoms with Gasteiger partial charge in [-0.15, -0.1) is 0 Å². The molecule has 3 N–H and O–H groups in total. The number of rotatable bonds is 11. The fourth-order valence-corrected chi connectivity index (χ4v) is 1.93. The Balaban J connectivity index is 2.45. The highest BCUT2D eigenvalue weighted by Crippen LogP contribution is 2.19. The first-order valence-corrected chi connectivity index (χ1v) is 7.55. The highest BCUT2D eigenvalue weighted by atomic mass is 16.5. The van der Waals surface area contributed by atoms with Crippen LogP contribution in [0.3, 0.4) is 0 Å². The van der Waals surface area contributed by atoms with E-state index in [9.17, 15) is 0 Å². The lowest BCUT2D eigenvalue weighted by Crippen LogP contribution is -2.31. The average Bonchev–Trinajstić information content (AvgIpc) is 2.49. The maximum Gasteiger partial charge on any atom is 0.119 e. The van der Waals surface area contributed by atoms with E-state index in [0.717, 1.165) is 36.5 Å². The summed E-state index contributed by atoms with van der Waals surface area (Å²) in [6.45, 7) is 11.1. The molecule has 1 aromatic rings. The van der Waals surface area contributed by atoms with Crippen LogP contribution in [-0.4, -0.2) is 32.9 Å². The van der Waals surface area contributed by atoms with Gasteiger partial charge in [-0.25, -0.2) is 0 Å². The first-order chi connectivity index (χ1) is 10.2. The van der Waals surface area contributed by atoms with Gasteiger partial charge >= 0.3 is 0 Å². The number of hydrogen-bond donors (Lipinski definition) is 2. The fraction of sp³-hybridized carbons (Fsp3) is 0.529. The Hall–Kier alpha value is -1.36. The van der Waals surface area contributed by atoms with Crippen molar-refractivity contribution in [2.24, 2.45) is 5.73 Å². The molecule has 0 aliphatic heterocycles. The first kappa shape index (κ1) is 17.7. The summed E-state index contributed by atoms with van der Waals surface area (Å²) in [5.74, 6) is 0.896. The molecule has 0 spiro atoms. The molecular formula is C17H28N2O2. The van der Waals surface area contributed by atoms with Gasteiger partial charge in [0.05, 0.1) is 19.8 Å². The zero-order valence-electron chi connectivity index (χ0n) is 13.2. The molecule has 118 valence electrons. The molecule has 21 heavy (non-hydrogen) atoms. The Labute approximate surface area is 128 Å². The third kappa shape index (κ3) is 7.27. The number of hydrogen-bond acceptors (Lipinski definition) is 4. The van der Waals surface area contributed by atoms with E-state index in [1.54, 1.807) is 0 Å². The number of benzene rings is 1. The molecule has 1 atom stereocenters. The maximum absolute atomic E-state index is 5.86. The maximum atomic E-state index is 5.86. The van der Waals surface area contributed by atoms with Crippen LogP contribution in [0.2, 0.25) is 0 Å². The molecule has 0 fully saturated rings. The molecule has 1 rings (SSSR count). The van der Waals surface area contributed by atoms with Gasteiger partial charge in [0.15, 0.2) is 0 Å². The average molecular weight is 292 g/mol. The van der Waals surface area contributed by atoms with Crippen LogP contribution >= 0.6 is 0 Å². The first-order valence-electron chi connectivity index (χ1n) is 7.55. The van der Waals surface area contributed by atoms with Crippen molar-refractivity contribution in [2.45, 2.75) is 26.3 Å². The third-order valence-electron chi connectivity index (χ3n) is 2.95. The summed E-state index contributed by atoms with van der Waals surface area (Å²) in [5.41, 5.74) is 8.04. The molecule has 0 aromatic heterocycles. The van der Waals surface area contributed by atoms with Gasteiger partial charge in [0.25, 0.3) is 0 Å². The van der Waals surface area contributed by atoms with Gasteiger partial charge in [-0.1, -0.05) is 31.2 Å². The lowest BCUT2D eigenvalue weighted by Gasteiger charge is -2.18. The molecule has 0 radical (unpaired) electrons. The molecule has 0 aliphatic rings. The fourth-order valence-electron chi connectivity index (χ4n) is 1.93. The summed E-state index contributed by atoms with van der Waals surface area (Å²) in [6.07, 6.45) is 1.00. The Kier molecular flexibility index (Phi) is 8.74. The van der Waals surface area contributed by atoms with Gasteiger partial charge < -0.3 is 20.5 Å². The summed E-state index contributed by atoms with van der Waals surface area (Å²) in [5, 5.41) is 3.41. The van der Waals surface area contributed by atoms with E-state index in [1.807, 2.05) is 19.1 Å². The lowest BCUT2D eigenvalue weighted by molar-refractivity contribution is 0.155. The number of ether oxygens (including phenoxy) is 2. The molecule has 0 heterocycles. The van der Waals surface area contributed by atoms with Crippen LogP contribution in [0.25, 0.3) is 0 Å². The molecule has 0 amide bonds. The van der Waals surface area contributed by atoms with Crippen LogP contribution in [-0.2, 0) is 4.74 Å². The second kappa shape index (κ2) is 10.4. The van der Waals surface area contributed by atoms with Gasteiger partial charge in [-0.05, 0) is 31.0 Å². The van der Waals surface area contributed by atoms with E-state index in [4.69, 9.17) is 15.2 Å². The van der Waals surface area contributed by atoms with Gasteiger partial charge in [0.1, 0.15) is 5.75 Å². The van der Waals surface area contributed by atoms with Crippen molar-refractivity contribution < 1.29 is 9.47 Å². The van der Waals surface area contributed by atoms with Gasteiger partial charge in [0, 0.05) is 19.1 Å². The predicted molar refractivity (Wildman–Crippen MR) is 87.7 cm³/mol. The third-order valence-corrected chi connectivity index (χ3v) is 2.95. The summed E-state index contributed by atoms with van der Waals surface area (Å²) in [6, 6.07) is 8.21. The molecule has 0 saturated carbocycles. The Bertz CT molecular complexity index is 421. The molecule has 0 saturated heterocycles. The van der Waals surface area contributed by atoms with Crippen molar-refractivity contribution in [2.75, 3.05) is 32.9 Å². The molecule has 0 bridgehead atoms. The zero-order chi connectivity index (χ0) is 15.5. The lowest BCUT2D eigenvalue weighted by atomic mass is 10.1. The van der Waals surface area contributed by atoms with E-state index < -0.39 is 0 Å². The Morgan fingerprint density at radius 2 is 2.19 bits per heavy atom. The van der Waals surface area contributed by atoms with E-state index in [1.165, 1.54) is 0 Å². The van der Waals surface area contributed by atoms with Crippen LogP contribution < -0.4 is 15.8 Å². The molecule has 1 aromatic carbocycles. The summed E-state index contributed by atoms with van der Waals surface area (Å²) in [7, 11) is 0. The Morgan fingerprint density at radius 1 is 1.38 bits per heavy atom. The van der Waals surface area contributed by atoms with Crippen LogP contribution in [0.1, 0.15) is 31.9 Å². The summed E-state index contributed by atoms with van der Waals surface area (Å²) < 4.78 is 11.1. The topological polar surface area (TPSA) is 56.5 Å². The minimum absolute atomic E-state index is 0.114. The highest BCUT2D eigenvalue weighted by molar-refractivity contribution is 5.30. The quantitative estimate of drug-likeness (QED) is 0.486. The molecule has 0 aliphatic carbocycles. The second-order valence-electron chi connectivity index (χ2n) is 5.17. The standard InChI is InChI=1S/C17H28N2O2/c1-4-9-21-16-7-5-6-15(11-16)17(12-18)19-8-10-20-13-14(2)3/h5-7,11,17,19H,2,4,8-10,12-13,18H2,1,3H3. The zero-order valence-corrected chi connectivity index (χ0v) is 13.2. The van der Waals surface area contributed by atoms with Crippen LogP contribution in [0.4, 0.5) is 0 Å². The van der Waals surface area contributed by atoms with E-state index in [0.29, 0.717) is 19.8 Å². The molecular weight excluding hydrogens is 264 g/mol. The monoisotopic (exact) mass is 292 g/mol. The predicted octanol–water partition coefficient (Wildman–Crippen LogP) is 2.66. The number of nitrogens with one attached hydrogen (secondary N) is 1. The van der Waals surface area contributed by atoms with E-state index in [2.05, 4.69) is 31.0 Å². The van der Waals surface area contributed by atoms with Crippen molar-refractivity contribution >= 4 is 0 Å². The highest BCUT2D eigenvalue weighted by Gasteiger charge is 2.09. The van der Waals surface area contributed by atoms with Crippen molar-refractivity contribution in [3.05, 3.63) is 42.0 Å². The van der Waals surface area contributed by atoms with E-state index >= 15 is 0 Å². The van der Waals surface area contributed by atoms with Crippen molar-refractivity contribution in [1.82, 2.24) is 5.32 Å². The number of nitrogens with two attached hydrogens (primary N) is 1. The molecule has 1 unspecified atom stereocenters. The van der Waals surface area contributed by atoms with Crippen LogP contribution in [0.5, 0.6) is 5.75 Å². The largest absolute Gasteiger partial charge is 0.494 e. The smallest absolute Gasteiger partial charge is 0.119 e. The minimum Gasteiger partial charge on any atom is -0.494 e. The molecule has 4 heteroatoms. The van der Waals surface area contributed by atoms with E-state index in [-0.39, 0.29) is 6.04 Å². The van der Waals surface area contributed by atoms with Crippen LogP contribution in [0.15, 0.2) is 36.4 Å². The summed E-state index contributed by atoms with van der Waals surface area (Å²) in [4.78, 5) is 0. The van der Waals surface area contributed by atoms with Gasteiger partial charge in [0.2, 0.25) is 0 Å².